The third kappa shape index (κ3) is 22.7. The highest BCUT2D eigenvalue weighted by atomic mass is 32.2. The molecule has 0 amide bonds. The minimum absolute atomic E-state index is 0.130. The number of rotatable bonds is 27. The summed E-state index contributed by atoms with van der Waals surface area (Å²) in [6, 6.07) is 0. The Morgan fingerprint density at radius 3 is 1.83 bits per heavy atom. The highest BCUT2D eigenvalue weighted by Gasteiger charge is 2.34. The number of ether oxygens (including phenoxy) is 1. The molecule has 0 aliphatic heterocycles. The van der Waals surface area contributed by atoms with Crippen molar-refractivity contribution in [3.8, 4) is 0 Å². The second-order valence-electron chi connectivity index (χ2n) is 9.52. The van der Waals surface area contributed by atoms with Gasteiger partial charge in [-0.3, -0.25) is 4.89 Å². The number of carbonyl (C=O) groups is 1. The number of carbonyl (C=O) groups excluding carboxylic acids is 1. The van der Waals surface area contributed by atoms with E-state index in [0.29, 0.717) is 18.3 Å². The minimum atomic E-state index is -2.64. The molecule has 0 saturated carbocycles. The molecular weight excluding hydrogens is 483 g/mol. The highest BCUT2D eigenvalue weighted by Crippen LogP contribution is 2.27. The first-order valence-corrected chi connectivity index (χ1v) is 16.5. The normalized spacial score (nSPS) is 13.5. The molecule has 8 heteroatoms. The van der Waals surface area contributed by atoms with E-state index in [2.05, 4.69) is 37.4 Å². The maximum absolute atomic E-state index is 11.3. The fourth-order valence-electron chi connectivity index (χ4n) is 4.07. The molecule has 0 heterocycles. The summed E-state index contributed by atoms with van der Waals surface area (Å²) in [5, 5.41) is 8.70. The zero-order chi connectivity index (χ0) is 26.0. The van der Waals surface area contributed by atoms with Crippen molar-refractivity contribution in [2.75, 3.05) is 19.0 Å². The summed E-state index contributed by atoms with van der Waals surface area (Å²) in [5.41, 5.74) is -1.25. The van der Waals surface area contributed by atoms with Crippen molar-refractivity contribution in [2.45, 2.75) is 148 Å². The molecule has 208 valence electrons. The number of thioether (sulfide) groups is 1. The van der Waals surface area contributed by atoms with Crippen LogP contribution >= 0.6 is 19.8 Å². The molecule has 0 aromatic rings. The van der Waals surface area contributed by atoms with Crippen molar-refractivity contribution in [2.24, 2.45) is 0 Å². The van der Waals surface area contributed by atoms with Gasteiger partial charge in [0.1, 0.15) is 6.61 Å². The van der Waals surface area contributed by atoms with Gasteiger partial charge >= 0.3 is 13.7 Å². The fourth-order valence-corrected chi connectivity index (χ4v) is 5.90. The number of hydrogen-bond donors (Lipinski definition) is 1. The molecule has 0 aliphatic carbocycles. The average Bonchev–Trinajstić information content (AvgIpc) is 2.86. The van der Waals surface area contributed by atoms with Gasteiger partial charge in [-0.25, -0.2) is 0 Å². The molecule has 0 aliphatic rings. The van der Waals surface area contributed by atoms with Crippen LogP contribution in [0.4, 0.5) is 4.79 Å². The van der Waals surface area contributed by atoms with Crippen LogP contribution in [0.2, 0.25) is 0 Å². The van der Waals surface area contributed by atoms with E-state index in [0.717, 1.165) is 0 Å². The second-order valence-corrected chi connectivity index (χ2v) is 12.0. The Hall–Kier alpha value is -0.200. The van der Waals surface area contributed by atoms with E-state index in [1.54, 1.807) is 0 Å². The van der Waals surface area contributed by atoms with Crippen LogP contribution in [0.1, 0.15) is 136 Å². The molecule has 35 heavy (non-hydrogen) atoms. The van der Waals surface area contributed by atoms with Crippen LogP contribution in [0, 0.1) is 0 Å². The highest BCUT2D eigenvalue weighted by molar-refractivity contribution is 7.99. The summed E-state index contributed by atoms with van der Waals surface area (Å²) < 4.78 is 22.3. The lowest BCUT2D eigenvalue weighted by Crippen LogP contribution is -2.24. The fraction of sp³-hybridized carbons (Fsp3) is 0.963. The Bertz CT molecular complexity index is 494. The van der Waals surface area contributed by atoms with E-state index < -0.39 is 13.7 Å². The maximum atomic E-state index is 11.3. The first-order valence-electron chi connectivity index (χ1n) is 14.3. The summed E-state index contributed by atoms with van der Waals surface area (Å²) >= 11 is 2.06. The van der Waals surface area contributed by atoms with Gasteiger partial charge in [0.15, 0.2) is 0 Å². The number of unbranched alkanes of at least 4 members (excludes halogenated alkanes) is 14. The Kier molecular flexibility index (Phi) is 26.7. The Labute approximate surface area is 220 Å². The quantitative estimate of drug-likeness (QED) is 0.0483. The summed E-state index contributed by atoms with van der Waals surface area (Å²) in [4.78, 5) is 14.3. The van der Waals surface area contributed by atoms with Crippen molar-refractivity contribution in [1.29, 1.82) is 0 Å². The third-order valence-electron chi connectivity index (χ3n) is 6.30. The van der Waals surface area contributed by atoms with Crippen LogP contribution in [0.3, 0.4) is 0 Å². The first kappa shape index (κ1) is 34.8. The van der Waals surface area contributed by atoms with Gasteiger partial charge in [-0.05, 0) is 36.5 Å². The van der Waals surface area contributed by atoms with E-state index >= 15 is 0 Å². The summed E-state index contributed by atoms with van der Waals surface area (Å²) in [7, 11) is -2.64. The Morgan fingerprint density at radius 2 is 1.29 bits per heavy atom. The predicted octanol–water partition coefficient (Wildman–Crippen LogP) is 9.92. The molecule has 3 unspecified atom stereocenters. The van der Waals surface area contributed by atoms with Crippen LogP contribution < -0.4 is 0 Å². The van der Waals surface area contributed by atoms with Gasteiger partial charge in [0.05, 0.1) is 6.10 Å². The molecule has 0 rings (SSSR count). The van der Waals surface area contributed by atoms with Crippen molar-refractivity contribution in [1.82, 2.24) is 0 Å². The molecule has 3 atom stereocenters. The molecule has 0 aromatic heterocycles. The van der Waals surface area contributed by atoms with E-state index in [1.807, 2.05) is 0 Å². The van der Waals surface area contributed by atoms with Gasteiger partial charge in [0.25, 0.3) is 0 Å². The summed E-state index contributed by atoms with van der Waals surface area (Å²) in [6.07, 6.45) is 23.3. The van der Waals surface area contributed by atoms with Crippen molar-refractivity contribution in [3.63, 3.8) is 0 Å². The lowest BCUT2D eigenvalue weighted by atomic mass is 10.1. The second kappa shape index (κ2) is 26.9. The molecule has 0 saturated heterocycles. The van der Waals surface area contributed by atoms with Gasteiger partial charge in [0.2, 0.25) is 0 Å². The summed E-state index contributed by atoms with van der Waals surface area (Å²) in [6.45, 7) is 7.30. The van der Waals surface area contributed by atoms with Crippen molar-refractivity contribution < 1.29 is 28.8 Å². The van der Waals surface area contributed by atoms with Gasteiger partial charge in [0, 0.05) is 11.9 Å². The van der Waals surface area contributed by atoms with Gasteiger partial charge < -0.3 is 4.74 Å². The van der Waals surface area contributed by atoms with E-state index in [1.165, 1.54) is 115 Å². The average molecular weight is 538 g/mol. The molecule has 1 N–H and O–H groups in total. The molecule has 0 bridgehead atoms. The zero-order valence-corrected chi connectivity index (χ0v) is 24.6. The molecular formula is C27H54O6PS+. The molecule has 6 nitrogen and oxygen atoms in total. The van der Waals surface area contributed by atoms with Gasteiger partial charge in [-0.1, -0.05) is 110 Å². The topological polar surface area (TPSA) is 82.1 Å². The van der Waals surface area contributed by atoms with Gasteiger partial charge in [-0.2, -0.15) is 21.8 Å². The summed E-state index contributed by atoms with van der Waals surface area (Å²) in [5.74, 6) is 1.19. The van der Waals surface area contributed by atoms with Crippen LogP contribution in [0.5, 0.6) is 0 Å². The van der Waals surface area contributed by atoms with Crippen molar-refractivity contribution >= 4 is 25.5 Å². The first-order chi connectivity index (χ1) is 17.1. The van der Waals surface area contributed by atoms with Crippen LogP contribution in [0.15, 0.2) is 0 Å². The maximum Gasteiger partial charge on any atom is 0.639 e. The SMILES string of the molecule is CCCCCCCCCCCSC(CCCCCCCCC)C(C)OCCCO[P+](=O)C(=O)OO. The number of hydrogen-bond acceptors (Lipinski definition) is 7. The van der Waals surface area contributed by atoms with Crippen molar-refractivity contribution in [3.05, 3.63) is 0 Å². The lowest BCUT2D eigenvalue weighted by Gasteiger charge is -2.24. The van der Waals surface area contributed by atoms with Crippen LogP contribution in [-0.2, 0) is 18.7 Å². The van der Waals surface area contributed by atoms with Gasteiger partial charge in [-0.15, -0.1) is 4.52 Å². The lowest BCUT2D eigenvalue weighted by molar-refractivity contribution is -0.168. The zero-order valence-electron chi connectivity index (χ0n) is 22.8. The van der Waals surface area contributed by atoms with E-state index in [9.17, 15) is 9.36 Å². The largest absolute Gasteiger partial charge is 0.639 e. The molecule has 0 radical (unpaired) electrons. The Morgan fingerprint density at radius 1 is 0.771 bits per heavy atom. The smallest absolute Gasteiger partial charge is 0.377 e. The molecule has 0 aromatic carbocycles. The van der Waals surface area contributed by atoms with E-state index in [4.69, 9.17) is 14.5 Å². The predicted molar refractivity (Wildman–Crippen MR) is 149 cm³/mol. The third-order valence-corrected chi connectivity index (χ3v) is 8.67. The van der Waals surface area contributed by atoms with Crippen LogP contribution in [-0.4, -0.2) is 41.3 Å². The minimum Gasteiger partial charge on any atom is -0.377 e. The molecule has 0 spiro atoms. The molecule has 0 fully saturated rings. The Balaban J connectivity index is 4.15. The van der Waals surface area contributed by atoms with E-state index in [-0.39, 0.29) is 12.7 Å². The monoisotopic (exact) mass is 537 g/mol. The standard InChI is InChI=1S/C27H53O6PS/c1-4-6-8-10-12-13-15-17-19-24-35-26(21-18-16-14-11-9-7-5-2)25(3)31-22-20-23-32-34(30)27(28)33-29/h25-26H,4-24H2,1-3H3/p+1. The van der Waals surface area contributed by atoms with Crippen LogP contribution in [0.25, 0.3) is 0 Å².